The van der Waals surface area contributed by atoms with Crippen LogP contribution in [0.15, 0.2) is 18.3 Å². The standard InChI is InChI=1S/C16H22N4/c1-4-13-12(6-8-17)14(5-2)20-16(19-13)15-10-11(3)7-9-18-15/h7,9-10H,4-6,8,17H2,1-3H3. The number of hydrogen-bond donors (Lipinski definition) is 1. The summed E-state index contributed by atoms with van der Waals surface area (Å²) in [6.45, 7) is 6.92. The van der Waals surface area contributed by atoms with E-state index in [2.05, 4.69) is 25.8 Å². The van der Waals surface area contributed by atoms with Gasteiger partial charge in [0.15, 0.2) is 5.82 Å². The molecule has 0 atom stereocenters. The lowest BCUT2D eigenvalue weighted by Crippen LogP contribution is -2.12. The molecule has 0 bridgehead atoms. The second kappa shape index (κ2) is 6.57. The van der Waals surface area contributed by atoms with Gasteiger partial charge in [-0.2, -0.15) is 0 Å². The Labute approximate surface area is 120 Å². The average molecular weight is 270 g/mol. The lowest BCUT2D eigenvalue weighted by atomic mass is 10.0. The van der Waals surface area contributed by atoms with Gasteiger partial charge in [-0.15, -0.1) is 0 Å². The third kappa shape index (κ3) is 3.02. The highest BCUT2D eigenvalue weighted by atomic mass is 14.9. The van der Waals surface area contributed by atoms with Gasteiger partial charge in [0.1, 0.15) is 5.69 Å². The summed E-state index contributed by atoms with van der Waals surface area (Å²) in [5, 5.41) is 0. The Balaban J connectivity index is 2.55. The molecule has 0 aliphatic carbocycles. The van der Waals surface area contributed by atoms with Crippen LogP contribution in [-0.4, -0.2) is 21.5 Å². The molecule has 4 heteroatoms. The molecule has 0 saturated heterocycles. The van der Waals surface area contributed by atoms with Crippen molar-refractivity contribution in [2.75, 3.05) is 6.54 Å². The van der Waals surface area contributed by atoms with E-state index in [1.54, 1.807) is 6.20 Å². The summed E-state index contributed by atoms with van der Waals surface area (Å²) in [7, 11) is 0. The summed E-state index contributed by atoms with van der Waals surface area (Å²) >= 11 is 0. The van der Waals surface area contributed by atoms with Crippen molar-refractivity contribution in [2.45, 2.75) is 40.0 Å². The normalized spacial score (nSPS) is 10.8. The second-order valence-corrected chi connectivity index (χ2v) is 4.88. The smallest absolute Gasteiger partial charge is 0.178 e. The fourth-order valence-electron chi connectivity index (χ4n) is 2.37. The third-order valence-electron chi connectivity index (χ3n) is 3.39. The lowest BCUT2D eigenvalue weighted by molar-refractivity contribution is 0.842. The van der Waals surface area contributed by atoms with E-state index >= 15 is 0 Å². The van der Waals surface area contributed by atoms with Gasteiger partial charge >= 0.3 is 0 Å². The Bertz CT molecular complexity index is 568. The largest absolute Gasteiger partial charge is 0.330 e. The summed E-state index contributed by atoms with van der Waals surface area (Å²) < 4.78 is 0. The summed E-state index contributed by atoms with van der Waals surface area (Å²) in [6, 6.07) is 4.00. The fraction of sp³-hybridized carbons (Fsp3) is 0.438. The van der Waals surface area contributed by atoms with Gasteiger partial charge in [0.2, 0.25) is 0 Å². The topological polar surface area (TPSA) is 64.7 Å². The molecule has 2 heterocycles. The third-order valence-corrected chi connectivity index (χ3v) is 3.39. The zero-order chi connectivity index (χ0) is 14.5. The summed E-state index contributed by atoms with van der Waals surface area (Å²) in [4.78, 5) is 13.8. The highest BCUT2D eigenvalue weighted by Crippen LogP contribution is 2.20. The van der Waals surface area contributed by atoms with Crippen LogP contribution in [-0.2, 0) is 19.3 Å². The number of pyridine rings is 1. The second-order valence-electron chi connectivity index (χ2n) is 4.88. The monoisotopic (exact) mass is 270 g/mol. The minimum Gasteiger partial charge on any atom is -0.330 e. The van der Waals surface area contributed by atoms with Gasteiger partial charge in [-0.3, -0.25) is 4.98 Å². The first-order chi connectivity index (χ1) is 9.69. The van der Waals surface area contributed by atoms with Gasteiger partial charge < -0.3 is 5.73 Å². The van der Waals surface area contributed by atoms with Crippen LogP contribution >= 0.6 is 0 Å². The minimum absolute atomic E-state index is 0.630. The van der Waals surface area contributed by atoms with Crippen LogP contribution in [0.2, 0.25) is 0 Å². The van der Waals surface area contributed by atoms with Crippen molar-refractivity contribution < 1.29 is 0 Å². The molecule has 2 N–H and O–H groups in total. The first-order valence-corrected chi connectivity index (χ1v) is 7.21. The van der Waals surface area contributed by atoms with E-state index in [0.29, 0.717) is 6.54 Å². The molecular formula is C16H22N4. The highest BCUT2D eigenvalue weighted by molar-refractivity contribution is 5.51. The molecule has 0 fully saturated rings. The molecule has 4 nitrogen and oxygen atoms in total. The van der Waals surface area contributed by atoms with E-state index in [0.717, 1.165) is 42.2 Å². The van der Waals surface area contributed by atoms with Gasteiger partial charge in [0.25, 0.3) is 0 Å². The van der Waals surface area contributed by atoms with Crippen molar-refractivity contribution in [3.05, 3.63) is 40.8 Å². The van der Waals surface area contributed by atoms with Crippen molar-refractivity contribution >= 4 is 0 Å². The van der Waals surface area contributed by atoms with Gasteiger partial charge in [0.05, 0.1) is 0 Å². The lowest BCUT2D eigenvalue weighted by Gasteiger charge is -2.13. The summed E-state index contributed by atoms with van der Waals surface area (Å²) in [5.41, 5.74) is 11.1. The SMILES string of the molecule is CCc1nc(-c2cc(C)ccn2)nc(CC)c1CCN. The van der Waals surface area contributed by atoms with E-state index in [4.69, 9.17) is 15.7 Å². The molecule has 20 heavy (non-hydrogen) atoms. The Hall–Kier alpha value is -1.81. The predicted molar refractivity (Wildman–Crippen MR) is 81.5 cm³/mol. The highest BCUT2D eigenvalue weighted by Gasteiger charge is 2.13. The molecule has 106 valence electrons. The van der Waals surface area contributed by atoms with Crippen LogP contribution in [0.1, 0.15) is 36.4 Å². The maximum absolute atomic E-state index is 5.71. The van der Waals surface area contributed by atoms with Crippen LogP contribution < -0.4 is 5.73 Å². The Morgan fingerprint density at radius 3 is 2.25 bits per heavy atom. The molecule has 2 aromatic heterocycles. The van der Waals surface area contributed by atoms with E-state index in [1.165, 1.54) is 11.1 Å². The Morgan fingerprint density at radius 1 is 1.10 bits per heavy atom. The molecule has 2 aromatic rings. The first kappa shape index (κ1) is 14.6. The summed E-state index contributed by atoms with van der Waals surface area (Å²) in [5.74, 6) is 0.725. The maximum atomic E-state index is 5.71. The van der Waals surface area contributed by atoms with E-state index in [9.17, 15) is 0 Å². The number of rotatable bonds is 5. The van der Waals surface area contributed by atoms with E-state index < -0.39 is 0 Å². The van der Waals surface area contributed by atoms with Crippen molar-refractivity contribution in [2.24, 2.45) is 5.73 Å². The number of aryl methyl sites for hydroxylation is 3. The van der Waals surface area contributed by atoms with Gasteiger partial charge in [-0.25, -0.2) is 9.97 Å². The van der Waals surface area contributed by atoms with Crippen molar-refractivity contribution in [1.29, 1.82) is 0 Å². The van der Waals surface area contributed by atoms with Gasteiger partial charge in [-0.1, -0.05) is 13.8 Å². The molecule has 0 aliphatic heterocycles. The summed E-state index contributed by atoms with van der Waals surface area (Å²) in [6.07, 6.45) is 4.43. The number of nitrogens with zero attached hydrogens (tertiary/aromatic N) is 3. The van der Waals surface area contributed by atoms with E-state index in [1.807, 2.05) is 12.1 Å². The minimum atomic E-state index is 0.630. The number of hydrogen-bond acceptors (Lipinski definition) is 4. The molecule has 0 aliphatic rings. The Kier molecular flexibility index (Phi) is 4.79. The number of aromatic nitrogens is 3. The zero-order valence-electron chi connectivity index (χ0n) is 12.5. The van der Waals surface area contributed by atoms with Crippen molar-refractivity contribution in [1.82, 2.24) is 15.0 Å². The van der Waals surface area contributed by atoms with Crippen LogP contribution in [0.4, 0.5) is 0 Å². The van der Waals surface area contributed by atoms with Crippen molar-refractivity contribution in [3.8, 4) is 11.5 Å². The van der Waals surface area contributed by atoms with Gasteiger partial charge in [-0.05, 0) is 56.0 Å². The molecule has 0 spiro atoms. The predicted octanol–water partition coefficient (Wildman–Crippen LogP) is 2.47. The van der Waals surface area contributed by atoms with Crippen LogP contribution in [0, 0.1) is 6.92 Å². The van der Waals surface area contributed by atoms with Crippen molar-refractivity contribution in [3.63, 3.8) is 0 Å². The van der Waals surface area contributed by atoms with E-state index in [-0.39, 0.29) is 0 Å². The quantitative estimate of drug-likeness (QED) is 0.906. The Morgan fingerprint density at radius 2 is 1.75 bits per heavy atom. The molecule has 0 amide bonds. The molecule has 0 aromatic carbocycles. The van der Waals surface area contributed by atoms with Gasteiger partial charge in [0, 0.05) is 17.6 Å². The molecule has 0 radical (unpaired) electrons. The molecule has 2 rings (SSSR count). The molecule has 0 saturated carbocycles. The van der Waals surface area contributed by atoms with Crippen LogP contribution in [0.3, 0.4) is 0 Å². The fourth-order valence-corrected chi connectivity index (χ4v) is 2.37. The maximum Gasteiger partial charge on any atom is 0.178 e. The molecule has 0 unspecified atom stereocenters. The van der Waals surface area contributed by atoms with Crippen LogP contribution in [0.5, 0.6) is 0 Å². The average Bonchev–Trinajstić information content (AvgIpc) is 2.47. The van der Waals surface area contributed by atoms with Crippen LogP contribution in [0.25, 0.3) is 11.5 Å². The first-order valence-electron chi connectivity index (χ1n) is 7.21. The number of nitrogens with two attached hydrogens (primary N) is 1. The zero-order valence-corrected chi connectivity index (χ0v) is 12.5. The molecular weight excluding hydrogens is 248 g/mol.